The van der Waals surface area contributed by atoms with Crippen molar-refractivity contribution in [2.75, 3.05) is 32.8 Å². The quantitative estimate of drug-likeness (QED) is 0.131. The van der Waals surface area contributed by atoms with Crippen molar-refractivity contribution in [1.29, 1.82) is 5.41 Å². The van der Waals surface area contributed by atoms with E-state index in [9.17, 15) is 9.18 Å². The molecule has 0 spiro atoms. The minimum Gasteiger partial charge on any atom is -0.493 e. The fraction of sp³-hybridized carbons (Fsp3) is 0.231. The molecule has 2 aromatic heterocycles. The Bertz CT molecular complexity index is 1520. The summed E-state index contributed by atoms with van der Waals surface area (Å²) in [7, 11) is 2.92. The molecule has 0 saturated heterocycles. The molecular formula is C26H29FN8O6. The lowest BCUT2D eigenvalue weighted by atomic mass is 10.0. The summed E-state index contributed by atoms with van der Waals surface area (Å²) in [4.78, 5) is 24.5. The Labute approximate surface area is 233 Å². The summed E-state index contributed by atoms with van der Waals surface area (Å²) in [6, 6.07) is 12.7. The molecule has 216 valence electrons. The summed E-state index contributed by atoms with van der Waals surface area (Å²) < 4.78 is 30.5. The van der Waals surface area contributed by atoms with Crippen LogP contribution in [0.25, 0.3) is 5.82 Å². The molecular weight excluding hydrogens is 539 g/mol. The van der Waals surface area contributed by atoms with E-state index in [2.05, 4.69) is 25.6 Å². The number of aromatic nitrogens is 5. The number of anilines is 1. The van der Waals surface area contributed by atoms with Gasteiger partial charge in [-0.3, -0.25) is 15.2 Å². The molecule has 0 aliphatic rings. The summed E-state index contributed by atoms with van der Waals surface area (Å²) in [6.07, 6.45) is 1.49. The molecule has 1 unspecified atom stereocenters. The maximum atomic E-state index is 12.9. The Balaban J connectivity index is 0.00000108. The fourth-order valence-corrected chi connectivity index (χ4v) is 3.63. The van der Waals surface area contributed by atoms with Crippen molar-refractivity contribution in [2.24, 2.45) is 5.73 Å². The molecule has 0 radical (unpaired) electrons. The summed E-state index contributed by atoms with van der Waals surface area (Å²) in [5.41, 5.74) is 6.81. The SMILES string of the molecule is CC(=O)O.COc1cc(C(Nc2ccc(C(=N)N)cc2)c2nn(-c3cccnn3)c(=O)[nH]2)cc(OCCF)c1OC. The summed E-state index contributed by atoms with van der Waals surface area (Å²) in [5.74, 6) is 0.466. The summed E-state index contributed by atoms with van der Waals surface area (Å²) in [6.45, 7) is 0.196. The summed E-state index contributed by atoms with van der Waals surface area (Å²) in [5, 5.41) is 30.6. The number of amidine groups is 1. The number of aromatic amines is 1. The van der Waals surface area contributed by atoms with E-state index in [0.717, 1.165) is 11.6 Å². The van der Waals surface area contributed by atoms with E-state index in [4.69, 9.17) is 35.3 Å². The van der Waals surface area contributed by atoms with Gasteiger partial charge in [-0.05, 0) is 54.1 Å². The largest absolute Gasteiger partial charge is 0.493 e. The third-order valence-electron chi connectivity index (χ3n) is 5.33. The standard InChI is InChI=1S/C24H25FN8O4.C2H4O2/c1-35-17-12-15(13-18(21(17)36-2)37-11-9-25)20(29-16-7-5-14(6-8-16)22(26)27)23-30-24(34)33(32-23)19-4-3-10-28-31-19;1-2(3)4/h3-8,10,12-13,20,29H,9,11H2,1-2H3,(H3,26,27)(H,30,32,34);1H3,(H,3,4). The lowest BCUT2D eigenvalue weighted by Crippen LogP contribution is -2.17. The molecule has 2 aromatic carbocycles. The van der Waals surface area contributed by atoms with Crippen LogP contribution >= 0.6 is 0 Å². The number of halogens is 1. The van der Waals surface area contributed by atoms with Gasteiger partial charge in [0.05, 0.1) is 14.2 Å². The third kappa shape index (κ3) is 7.78. The Hall–Kier alpha value is -5.47. The second-order valence-electron chi connectivity index (χ2n) is 8.19. The van der Waals surface area contributed by atoms with Crippen molar-refractivity contribution >= 4 is 17.5 Å². The number of ether oxygens (including phenoxy) is 3. The molecule has 0 bridgehead atoms. The average Bonchev–Trinajstić information content (AvgIpc) is 3.35. The van der Waals surface area contributed by atoms with Crippen LogP contribution in [0.4, 0.5) is 10.1 Å². The zero-order valence-electron chi connectivity index (χ0n) is 22.4. The molecule has 41 heavy (non-hydrogen) atoms. The van der Waals surface area contributed by atoms with E-state index < -0.39 is 24.4 Å². The first-order valence-corrected chi connectivity index (χ1v) is 12.0. The number of nitrogens with one attached hydrogen (secondary N) is 3. The first-order valence-electron chi connectivity index (χ1n) is 12.0. The lowest BCUT2D eigenvalue weighted by molar-refractivity contribution is -0.134. The number of aliphatic carboxylic acids is 1. The molecule has 0 saturated carbocycles. The Morgan fingerprint density at radius 3 is 2.44 bits per heavy atom. The maximum Gasteiger partial charge on any atom is 0.349 e. The first-order chi connectivity index (χ1) is 19.7. The molecule has 1 atom stereocenters. The minimum absolute atomic E-state index is 0.0651. The Morgan fingerprint density at radius 1 is 1.20 bits per heavy atom. The maximum absolute atomic E-state index is 12.9. The van der Waals surface area contributed by atoms with Gasteiger partial charge in [-0.1, -0.05) is 0 Å². The molecule has 4 rings (SSSR count). The van der Waals surface area contributed by atoms with Gasteiger partial charge in [0, 0.05) is 24.4 Å². The van der Waals surface area contributed by atoms with Gasteiger partial charge >= 0.3 is 5.69 Å². The number of H-pyrrole nitrogens is 1. The molecule has 14 nitrogen and oxygen atoms in total. The summed E-state index contributed by atoms with van der Waals surface area (Å²) >= 11 is 0. The minimum atomic E-state index is -0.833. The highest BCUT2D eigenvalue weighted by molar-refractivity contribution is 5.95. The van der Waals surface area contributed by atoms with Crippen molar-refractivity contribution in [3.05, 3.63) is 82.2 Å². The lowest BCUT2D eigenvalue weighted by Gasteiger charge is -2.21. The highest BCUT2D eigenvalue weighted by atomic mass is 19.1. The number of nitrogens with zero attached hydrogens (tertiary/aromatic N) is 4. The van der Waals surface area contributed by atoms with Crippen molar-refractivity contribution < 1.29 is 28.5 Å². The van der Waals surface area contributed by atoms with Crippen LogP contribution in [0.1, 0.15) is 29.9 Å². The molecule has 0 aliphatic carbocycles. The van der Waals surface area contributed by atoms with Crippen LogP contribution in [0.2, 0.25) is 0 Å². The van der Waals surface area contributed by atoms with Gasteiger partial charge in [0.25, 0.3) is 5.97 Å². The van der Waals surface area contributed by atoms with E-state index >= 15 is 0 Å². The van der Waals surface area contributed by atoms with Crippen molar-refractivity contribution in [2.45, 2.75) is 13.0 Å². The van der Waals surface area contributed by atoms with Gasteiger partial charge in [-0.25, -0.2) is 9.18 Å². The number of benzene rings is 2. The average molecular weight is 569 g/mol. The molecule has 4 aromatic rings. The van der Waals surface area contributed by atoms with Crippen molar-refractivity contribution in [3.8, 4) is 23.1 Å². The second kappa shape index (κ2) is 14.1. The first kappa shape index (κ1) is 30.1. The van der Waals surface area contributed by atoms with Gasteiger partial charge in [0.15, 0.2) is 23.1 Å². The zero-order chi connectivity index (χ0) is 29.9. The van der Waals surface area contributed by atoms with Gasteiger partial charge in [0.2, 0.25) is 5.75 Å². The zero-order valence-corrected chi connectivity index (χ0v) is 22.4. The monoisotopic (exact) mass is 568 g/mol. The highest BCUT2D eigenvalue weighted by Gasteiger charge is 2.25. The number of nitrogen functional groups attached to an aromatic ring is 1. The van der Waals surface area contributed by atoms with E-state index in [1.54, 1.807) is 48.5 Å². The highest BCUT2D eigenvalue weighted by Crippen LogP contribution is 2.41. The molecule has 0 fully saturated rings. The normalized spacial score (nSPS) is 11.0. The number of alkyl halides is 1. The van der Waals surface area contributed by atoms with Gasteiger partial charge in [-0.2, -0.15) is 9.78 Å². The predicted octanol–water partition coefficient (Wildman–Crippen LogP) is 2.29. The van der Waals surface area contributed by atoms with Crippen LogP contribution in [0, 0.1) is 5.41 Å². The Morgan fingerprint density at radius 2 is 1.88 bits per heavy atom. The molecule has 0 aliphatic heterocycles. The van der Waals surface area contributed by atoms with Crippen LogP contribution in [-0.4, -0.2) is 69.4 Å². The number of carbonyl (C=O) groups is 1. The van der Waals surface area contributed by atoms with Crippen LogP contribution in [0.5, 0.6) is 17.2 Å². The number of rotatable bonds is 11. The van der Waals surface area contributed by atoms with Gasteiger partial charge in [0.1, 0.15) is 25.2 Å². The topological polar surface area (TPSA) is 203 Å². The number of carboxylic acid groups (broad SMARTS) is 1. The molecule has 6 N–H and O–H groups in total. The fourth-order valence-electron chi connectivity index (χ4n) is 3.63. The van der Waals surface area contributed by atoms with Crippen LogP contribution < -0.4 is 31.0 Å². The Kier molecular flexibility index (Phi) is 10.3. The number of hydrogen-bond acceptors (Lipinski definition) is 10. The smallest absolute Gasteiger partial charge is 0.349 e. The predicted molar refractivity (Wildman–Crippen MR) is 147 cm³/mol. The number of carboxylic acids is 1. The molecule has 0 amide bonds. The third-order valence-corrected chi connectivity index (χ3v) is 5.33. The van der Waals surface area contributed by atoms with Crippen molar-refractivity contribution in [3.63, 3.8) is 0 Å². The molecule has 2 heterocycles. The van der Waals surface area contributed by atoms with E-state index in [1.807, 2.05) is 0 Å². The van der Waals surface area contributed by atoms with E-state index in [1.165, 1.54) is 20.4 Å². The number of nitrogens with two attached hydrogens (primary N) is 1. The van der Waals surface area contributed by atoms with Crippen LogP contribution in [0.15, 0.2) is 59.5 Å². The van der Waals surface area contributed by atoms with Crippen LogP contribution in [-0.2, 0) is 4.79 Å². The van der Waals surface area contributed by atoms with Gasteiger partial charge in [-0.15, -0.1) is 10.2 Å². The van der Waals surface area contributed by atoms with E-state index in [0.29, 0.717) is 28.3 Å². The van der Waals surface area contributed by atoms with Gasteiger partial charge < -0.3 is 30.4 Å². The second-order valence-corrected chi connectivity index (χ2v) is 8.19. The van der Waals surface area contributed by atoms with Crippen LogP contribution in [0.3, 0.4) is 0 Å². The van der Waals surface area contributed by atoms with Crippen molar-refractivity contribution in [1.82, 2.24) is 25.0 Å². The van der Waals surface area contributed by atoms with E-state index in [-0.39, 0.29) is 29.8 Å². The molecule has 15 heteroatoms. The number of methoxy groups -OCH3 is 2. The number of hydrogen-bond donors (Lipinski definition) is 5.